The molecule has 16 nitrogen and oxygen atoms in total. The van der Waals surface area contributed by atoms with E-state index in [0.717, 1.165) is 19.3 Å². The van der Waals surface area contributed by atoms with E-state index in [1.165, 1.54) is 40.0 Å². The highest BCUT2D eigenvalue weighted by Gasteiger charge is 2.44. The number of hydrogen-bond acceptors (Lipinski definition) is 14. The zero-order valence-corrected chi connectivity index (χ0v) is 29.2. The molecule has 1 aromatic carbocycles. The smallest absolute Gasteiger partial charge is 0.258 e. The summed E-state index contributed by atoms with van der Waals surface area (Å²) in [5.41, 5.74) is 7.74. The third-order valence-corrected chi connectivity index (χ3v) is 9.77. The van der Waals surface area contributed by atoms with E-state index in [2.05, 4.69) is 39.1 Å². The van der Waals surface area contributed by atoms with Crippen molar-refractivity contribution in [3.05, 3.63) is 65.3 Å². The van der Waals surface area contributed by atoms with Crippen LogP contribution in [0, 0.1) is 33.9 Å². The first kappa shape index (κ1) is 33.8. The number of nitriles is 2. The number of nitrogens with zero attached hydrogens (tertiary/aromatic N) is 10. The summed E-state index contributed by atoms with van der Waals surface area (Å²) in [6.45, 7) is 4.68. The summed E-state index contributed by atoms with van der Waals surface area (Å²) >= 11 is 0. The fourth-order valence-electron chi connectivity index (χ4n) is 6.57. The van der Waals surface area contributed by atoms with Crippen LogP contribution in [-0.4, -0.2) is 71.5 Å². The lowest BCUT2D eigenvalue weighted by Crippen LogP contribution is -2.58. The van der Waals surface area contributed by atoms with E-state index in [-0.39, 0.29) is 72.0 Å². The molecule has 5 aromatic rings. The number of nitrogens with two attached hydrogens (primary N) is 1. The average molecular weight is 720 g/mol. The van der Waals surface area contributed by atoms with Gasteiger partial charge in [-0.25, -0.2) is 24.0 Å². The first-order valence-corrected chi connectivity index (χ1v) is 17.0. The third kappa shape index (κ3) is 6.18. The predicted molar refractivity (Wildman–Crippen MR) is 183 cm³/mol. The van der Waals surface area contributed by atoms with Crippen molar-refractivity contribution in [2.75, 3.05) is 32.2 Å². The van der Waals surface area contributed by atoms with Gasteiger partial charge in [0.2, 0.25) is 11.8 Å². The molecule has 6 heterocycles. The Morgan fingerprint density at radius 3 is 2.53 bits per heavy atom. The van der Waals surface area contributed by atoms with Crippen molar-refractivity contribution in [1.29, 1.82) is 10.5 Å². The van der Waals surface area contributed by atoms with E-state index >= 15 is 0 Å². The monoisotopic (exact) mass is 719 g/mol. The van der Waals surface area contributed by atoms with Gasteiger partial charge in [0.25, 0.3) is 5.88 Å². The van der Waals surface area contributed by atoms with Crippen LogP contribution in [0.15, 0.2) is 36.8 Å². The zero-order valence-electron chi connectivity index (χ0n) is 29.2. The van der Waals surface area contributed by atoms with Crippen molar-refractivity contribution in [3.8, 4) is 58.0 Å². The van der Waals surface area contributed by atoms with Gasteiger partial charge in [-0.15, -0.1) is 10.2 Å². The molecule has 1 spiro atoms. The number of nitrogen functional groups attached to an aromatic ring is 1. The number of benzene rings is 1. The lowest BCUT2D eigenvalue weighted by Gasteiger charge is -2.41. The van der Waals surface area contributed by atoms with Gasteiger partial charge in [-0.2, -0.15) is 10.5 Å². The number of anilines is 1. The highest BCUT2D eigenvalue weighted by molar-refractivity contribution is 5.72. The van der Waals surface area contributed by atoms with Crippen LogP contribution in [0.4, 0.5) is 10.2 Å². The lowest BCUT2D eigenvalue weighted by atomic mass is 9.71. The lowest BCUT2D eigenvalue weighted by molar-refractivity contribution is -0.177. The van der Waals surface area contributed by atoms with E-state index in [1.807, 2.05) is 0 Å². The Labute approximate surface area is 302 Å². The Morgan fingerprint density at radius 1 is 1.02 bits per heavy atom. The molecular weight excluding hydrogens is 685 g/mol. The van der Waals surface area contributed by atoms with Gasteiger partial charge in [-0.1, -0.05) is 13.3 Å². The molecule has 0 radical (unpaired) electrons. The SMILES string of the molecule is CC1Oc2nc(cnc2N)-c2c(nn(Cc3cncc(-c4c(OCC5(C)CCC5)nn(C)c4C#N)n3)c2C#N)OCC2(COC2)Oc2ccc(F)cc21. The molecule has 3 aliphatic rings. The van der Waals surface area contributed by atoms with Crippen molar-refractivity contribution in [2.24, 2.45) is 12.5 Å². The van der Waals surface area contributed by atoms with Crippen LogP contribution in [0.5, 0.6) is 23.4 Å². The fourth-order valence-corrected chi connectivity index (χ4v) is 6.57. The number of fused-ring (bicyclic) bond motifs is 5. The minimum Gasteiger partial charge on any atom is -0.478 e. The second kappa shape index (κ2) is 13.0. The second-order valence-electron chi connectivity index (χ2n) is 13.9. The molecular formula is C36H34FN11O5. The van der Waals surface area contributed by atoms with E-state index in [4.69, 9.17) is 39.5 Å². The van der Waals surface area contributed by atoms with Crippen LogP contribution in [0.2, 0.25) is 0 Å². The van der Waals surface area contributed by atoms with Crippen LogP contribution < -0.4 is 24.7 Å². The molecule has 1 saturated heterocycles. The maximum atomic E-state index is 14.5. The maximum absolute atomic E-state index is 14.5. The third-order valence-electron chi connectivity index (χ3n) is 9.77. The number of ether oxygens (including phenoxy) is 5. The molecule has 53 heavy (non-hydrogen) atoms. The number of aromatic nitrogens is 8. The molecule has 0 amide bonds. The minimum atomic E-state index is -0.949. The summed E-state index contributed by atoms with van der Waals surface area (Å²) in [5.74, 6) is 0.197. The van der Waals surface area contributed by atoms with Crippen molar-refractivity contribution < 1.29 is 28.1 Å². The van der Waals surface area contributed by atoms with Crippen molar-refractivity contribution >= 4 is 5.82 Å². The van der Waals surface area contributed by atoms with Gasteiger partial charge in [-0.05, 0) is 38.0 Å². The summed E-state index contributed by atoms with van der Waals surface area (Å²) in [4.78, 5) is 18.1. The molecule has 2 aliphatic heterocycles. The first-order chi connectivity index (χ1) is 25.6. The summed E-state index contributed by atoms with van der Waals surface area (Å²) in [6, 6.07) is 8.57. The molecule has 2 fully saturated rings. The Balaban J connectivity index is 1.17. The van der Waals surface area contributed by atoms with Gasteiger partial charge in [0, 0.05) is 18.0 Å². The highest BCUT2D eigenvalue weighted by Crippen LogP contribution is 2.42. The van der Waals surface area contributed by atoms with Gasteiger partial charge in [0.05, 0.1) is 56.3 Å². The summed E-state index contributed by atoms with van der Waals surface area (Å²) in [5, 5.41) is 29.7. The number of rotatable bonds is 6. The average Bonchev–Trinajstić information content (AvgIpc) is 3.64. The van der Waals surface area contributed by atoms with E-state index in [9.17, 15) is 14.9 Å². The van der Waals surface area contributed by atoms with Gasteiger partial charge in [-0.3, -0.25) is 9.67 Å². The molecule has 2 bridgehead atoms. The van der Waals surface area contributed by atoms with Gasteiger partial charge >= 0.3 is 0 Å². The van der Waals surface area contributed by atoms with Gasteiger partial charge < -0.3 is 29.4 Å². The number of hydrogen-bond donors (Lipinski definition) is 1. The van der Waals surface area contributed by atoms with Crippen LogP contribution in [0.3, 0.4) is 0 Å². The zero-order chi connectivity index (χ0) is 36.9. The van der Waals surface area contributed by atoms with Gasteiger partial charge in [0.15, 0.2) is 22.8 Å². The Hall–Kier alpha value is -6.33. The number of halogens is 1. The summed E-state index contributed by atoms with van der Waals surface area (Å²) in [6.07, 6.45) is 6.98. The van der Waals surface area contributed by atoms with Gasteiger partial charge in [0.1, 0.15) is 53.2 Å². The minimum absolute atomic E-state index is 0.0109. The molecule has 1 aliphatic carbocycles. The normalized spacial score (nSPS) is 18.0. The van der Waals surface area contributed by atoms with E-state index < -0.39 is 17.5 Å². The molecule has 270 valence electrons. The highest BCUT2D eigenvalue weighted by atomic mass is 19.1. The van der Waals surface area contributed by atoms with E-state index in [1.54, 1.807) is 20.2 Å². The van der Waals surface area contributed by atoms with Crippen LogP contribution >= 0.6 is 0 Å². The van der Waals surface area contributed by atoms with Crippen molar-refractivity contribution in [1.82, 2.24) is 39.5 Å². The van der Waals surface area contributed by atoms with E-state index in [0.29, 0.717) is 40.8 Å². The Kier molecular flexibility index (Phi) is 8.30. The molecule has 8 rings (SSSR count). The Morgan fingerprint density at radius 2 is 1.81 bits per heavy atom. The molecule has 2 N–H and O–H groups in total. The largest absolute Gasteiger partial charge is 0.478 e. The molecule has 4 aromatic heterocycles. The molecule has 1 atom stereocenters. The number of aryl methyl sites for hydroxylation is 1. The fraction of sp³-hybridized carbons (Fsp3) is 0.389. The van der Waals surface area contributed by atoms with Crippen molar-refractivity contribution in [2.45, 2.75) is 51.4 Å². The second-order valence-corrected chi connectivity index (χ2v) is 13.9. The molecule has 17 heteroatoms. The van der Waals surface area contributed by atoms with Crippen molar-refractivity contribution in [3.63, 3.8) is 0 Å². The van der Waals surface area contributed by atoms with Crippen LogP contribution in [0.1, 0.15) is 61.9 Å². The van der Waals surface area contributed by atoms with Crippen LogP contribution in [-0.2, 0) is 18.3 Å². The standard InChI is InChI=1S/C36H34FN11O5/c1-20-23-9-21(37)5-6-28(23)53-36(17-49-18-36)19-51-33-30(25-14-42-31(40)34(44-25)52-20)27(11-39)48(46-33)15-22-12-41-13-24(43-22)29-26(10-38)47(3)45-32(29)50-16-35(2)7-4-8-35/h5-6,9,12-14,20H,4,7-8,15-19H2,1-3H3,(H2,40,42). The first-order valence-electron chi connectivity index (χ1n) is 17.0. The predicted octanol–water partition coefficient (Wildman–Crippen LogP) is 4.29. The summed E-state index contributed by atoms with van der Waals surface area (Å²) < 4.78 is 47.9. The molecule has 1 saturated carbocycles. The quantitative estimate of drug-likeness (QED) is 0.260. The summed E-state index contributed by atoms with van der Waals surface area (Å²) in [7, 11) is 1.67. The Bertz CT molecular complexity index is 2320. The topological polar surface area (TPSA) is 207 Å². The molecule has 1 unspecified atom stereocenters. The maximum Gasteiger partial charge on any atom is 0.258 e. The van der Waals surface area contributed by atoms with Crippen LogP contribution in [0.25, 0.3) is 22.5 Å².